The predicted octanol–water partition coefficient (Wildman–Crippen LogP) is 2.83. The van der Waals surface area contributed by atoms with Gasteiger partial charge in [-0.25, -0.2) is 4.79 Å². The standard InChI is InChI=1S/C16H17N3O3S/c1-10-15(20)19-13-9-11(4-5-14(13)22-10)18-16(21)17-7-6-12-3-2-8-23-12/h2-5,8-10H,6-7H2,1H3,(H,19,20)(H2,17,18,21)/t10-/m0/s1. The molecule has 0 fully saturated rings. The van der Waals surface area contributed by atoms with Crippen LogP contribution in [0.4, 0.5) is 16.2 Å². The fraction of sp³-hybridized carbons (Fsp3) is 0.250. The van der Waals surface area contributed by atoms with Crippen molar-refractivity contribution >= 4 is 34.6 Å². The average Bonchev–Trinajstić information content (AvgIpc) is 3.02. The third kappa shape index (κ3) is 3.81. The van der Waals surface area contributed by atoms with Crippen molar-refractivity contribution in [2.45, 2.75) is 19.4 Å². The number of anilines is 2. The summed E-state index contributed by atoms with van der Waals surface area (Å²) in [4.78, 5) is 24.7. The number of carbonyl (C=O) groups is 2. The van der Waals surface area contributed by atoms with Gasteiger partial charge in [0, 0.05) is 17.1 Å². The first kappa shape index (κ1) is 15.4. The first-order chi connectivity index (χ1) is 11.1. The maximum atomic E-state index is 11.9. The molecule has 6 nitrogen and oxygen atoms in total. The second-order valence-corrected chi connectivity index (χ2v) is 6.20. The van der Waals surface area contributed by atoms with E-state index in [0.717, 1.165) is 6.42 Å². The van der Waals surface area contributed by atoms with E-state index in [9.17, 15) is 9.59 Å². The molecule has 0 aliphatic carbocycles. The van der Waals surface area contributed by atoms with Crippen molar-refractivity contribution in [1.29, 1.82) is 0 Å². The number of hydrogen-bond acceptors (Lipinski definition) is 4. The van der Waals surface area contributed by atoms with Crippen LogP contribution in [0.1, 0.15) is 11.8 Å². The topological polar surface area (TPSA) is 79.5 Å². The quantitative estimate of drug-likeness (QED) is 0.806. The summed E-state index contributed by atoms with van der Waals surface area (Å²) in [5.41, 5.74) is 1.15. The van der Waals surface area contributed by atoms with Crippen molar-refractivity contribution in [2.75, 3.05) is 17.2 Å². The molecule has 0 bridgehead atoms. The average molecular weight is 331 g/mol. The molecule has 1 aliphatic heterocycles. The monoisotopic (exact) mass is 331 g/mol. The molecule has 3 N–H and O–H groups in total. The Morgan fingerprint density at radius 3 is 3.04 bits per heavy atom. The molecule has 2 aromatic rings. The Labute approximate surface area is 137 Å². The van der Waals surface area contributed by atoms with Crippen LogP contribution in [0.25, 0.3) is 0 Å². The van der Waals surface area contributed by atoms with Gasteiger partial charge in [0.05, 0.1) is 5.69 Å². The van der Waals surface area contributed by atoms with Gasteiger partial charge in [0.15, 0.2) is 6.10 Å². The molecule has 1 atom stereocenters. The Hall–Kier alpha value is -2.54. The van der Waals surface area contributed by atoms with E-state index in [4.69, 9.17) is 4.74 Å². The number of benzene rings is 1. The maximum Gasteiger partial charge on any atom is 0.319 e. The van der Waals surface area contributed by atoms with Gasteiger partial charge < -0.3 is 20.7 Å². The lowest BCUT2D eigenvalue weighted by atomic mass is 10.2. The zero-order valence-electron chi connectivity index (χ0n) is 12.6. The van der Waals surface area contributed by atoms with Crippen LogP contribution in [0.15, 0.2) is 35.7 Å². The highest BCUT2D eigenvalue weighted by Crippen LogP contribution is 2.32. The molecule has 0 unspecified atom stereocenters. The molecule has 1 aromatic heterocycles. The normalized spacial score (nSPS) is 16.0. The molecule has 7 heteroatoms. The summed E-state index contributed by atoms with van der Waals surface area (Å²) in [5.74, 6) is 0.399. The van der Waals surface area contributed by atoms with E-state index in [1.165, 1.54) is 4.88 Å². The zero-order chi connectivity index (χ0) is 16.2. The van der Waals surface area contributed by atoms with Gasteiger partial charge in [0.1, 0.15) is 5.75 Å². The summed E-state index contributed by atoms with van der Waals surface area (Å²) < 4.78 is 5.47. The number of amides is 3. The van der Waals surface area contributed by atoms with Crippen LogP contribution >= 0.6 is 11.3 Å². The number of thiophene rings is 1. The number of rotatable bonds is 4. The molecule has 2 heterocycles. The lowest BCUT2D eigenvalue weighted by molar-refractivity contribution is -0.122. The van der Waals surface area contributed by atoms with Crippen LogP contribution < -0.4 is 20.7 Å². The predicted molar refractivity (Wildman–Crippen MR) is 90.2 cm³/mol. The van der Waals surface area contributed by atoms with Crippen molar-refractivity contribution in [3.05, 3.63) is 40.6 Å². The molecule has 120 valence electrons. The van der Waals surface area contributed by atoms with Gasteiger partial charge in [-0.15, -0.1) is 11.3 Å². The van der Waals surface area contributed by atoms with Gasteiger partial charge in [-0.2, -0.15) is 0 Å². The highest BCUT2D eigenvalue weighted by atomic mass is 32.1. The summed E-state index contributed by atoms with van der Waals surface area (Å²) in [6.45, 7) is 2.25. The van der Waals surface area contributed by atoms with Crippen molar-refractivity contribution in [3.63, 3.8) is 0 Å². The van der Waals surface area contributed by atoms with Gasteiger partial charge in [-0.05, 0) is 43.0 Å². The molecule has 23 heavy (non-hydrogen) atoms. The molecule has 3 rings (SSSR count). The van der Waals surface area contributed by atoms with Crippen molar-refractivity contribution in [2.24, 2.45) is 0 Å². The molecule has 0 saturated heterocycles. The van der Waals surface area contributed by atoms with Gasteiger partial charge in [0.25, 0.3) is 5.91 Å². The third-order valence-electron chi connectivity index (χ3n) is 3.41. The van der Waals surface area contributed by atoms with Gasteiger partial charge >= 0.3 is 6.03 Å². The van der Waals surface area contributed by atoms with Crippen LogP contribution in [0.3, 0.4) is 0 Å². The fourth-order valence-electron chi connectivity index (χ4n) is 2.22. The summed E-state index contributed by atoms with van der Waals surface area (Å²) in [6.07, 6.45) is 0.290. The Balaban J connectivity index is 1.54. The van der Waals surface area contributed by atoms with E-state index in [0.29, 0.717) is 23.7 Å². The fourth-order valence-corrected chi connectivity index (χ4v) is 2.92. The molecule has 0 spiro atoms. The first-order valence-corrected chi connectivity index (χ1v) is 8.18. The molecular formula is C16H17N3O3S. The Morgan fingerprint density at radius 2 is 2.26 bits per heavy atom. The number of nitrogens with one attached hydrogen (secondary N) is 3. The molecule has 0 radical (unpaired) electrons. The highest BCUT2D eigenvalue weighted by molar-refractivity contribution is 7.09. The first-order valence-electron chi connectivity index (χ1n) is 7.30. The van der Waals surface area contributed by atoms with Crippen molar-refractivity contribution in [3.8, 4) is 5.75 Å². The number of carbonyl (C=O) groups excluding carboxylic acids is 2. The van der Waals surface area contributed by atoms with E-state index >= 15 is 0 Å². The zero-order valence-corrected chi connectivity index (χ0v) is 13.4. The molecule has 1 aromatic carbocycles. The number of fused-ring (bicyclic) bond motifs is 1. The van der Waals surface area contributed by atoms with Crippen molar-refractivity contribution in [1.82, 2.24) is 5.32 Å². The smallest absolute Gasteiger partial charge is 0.319 e. The van der Waals surface area contributed by atoms with E-state index in [-0.39, 0.29) is 11.9 Å². The molecule has 0 saturated carbocycles. The third-order valence-corrected chi connectivity index (χ3v) is 4.34. The second kappa shape index (κ2) is 6.70. The highest BCUT2D eigenvalue weighted by Gasteiger charge is 2.23. The molecule has 1 aliphatic rings. The minimum Gasteiger partial charge on any atom is -0.479 e. The van der Waals surface area contributed by atoms with E-state index in [2.05, 4.69) is 16.0 Å². The van der Waals surface area contributed by atoms with Gasteiger partial charge in [0.2, 0.25) is 0 Å². The molecule has 3 amide bonds. The number of urea groups is 1. The van der Waals surface area contributed by atoms with Crippen LogP contribution in [0.5, 0.6) is 5.75 Å². The van der Waals surface area contributed by atoms with Crippen LogP contribution in [0.2, 0.25) is 0 Å². The van der Waals surface area contributed by atoms with E-state index < -0.39 is 6.10 Å². The minimum atomic E-state index is -0.512. The maximum absolute atomic E-state index is 11.9. The molecular weight excluding hydrogens is 314 g/mol. The largest absolute Gasteiger partial charge is 0.479 e. The van der Waals surface area contributed by atoms with E-state index in [1.54, 1.807) is 36.5 Å². The Bertz CT molecular complexity index is 715. The lowest BCUT2D eigenvalue weighted by Gasteiger charge is -2.23. The summed E-state index contributed by atoms with van der Waals surface area (Å²) in [6, 6.07) is 8.90. The SMILES string of the molecule is C[C@@H]1Oc2ccc(NC(=O)NCCc3cccs3)cc2NC1=O. The second-order valence-electron chi connectivity index (χ2n) is 5.17. The van der Waals surface area contributed by atoms with Crippen molar-refractivity contribution < 1.29 is 14.3 Å². The van der Waals surface area contributed by atoms with Gasteiger partial charge in [-0.1, -0.05) is 6.07 Å². The number of ether oxygens (including phenoxy) is 1. The van der Waals surface area contributed by atoms with Crippen LogP contribution in [0, 0.1) is 0 Å². The van der Waals surface area contributed by atoms with Crippen LogP contribution in [-0.4, -0.2) is 24.6 Å². The lowest BCUT2D eigenvalue weighted by Crippen LogP contribution is -2.34. The number of hydrogen-bond donors (Lipinski definition) is 3. The summed E-state index contributed by atoms with van der Waals surface area (Å²) in [5, 5.41) is 10.3. The van der Waals surface area contributed by atoms with Crippen LogP contribution in [-0.2, 0) is 11.2 Å². The van der Waals surface area contributed by atoms with Gasteiger partial charge in [-0.3, -0.25) is 4.79 Å². The Kier molecular flexibility index (Phi) is 4.47. The Morgan fingerprint density at radius 1 is 1.39 bits per heavy atom. The minimum absolute atomic E-state index is 0.199. The summed E-state index contributed by atoms with van der Waals surface area (Å²) >= 11 is 1.67. The van der Waals surface area contributed by atoms with E-state index in [1.807, 2.05) is 17.5 Å². The summed E-state index contributed by atoms with van der Waals surface area (Å²) in [7, 11) is 0.